The van der Waals surface area contributed by atoms with Crippen LogP contribution in [0.15, 0.2) is 23.1 Å². The second-order valence-corrected chi connectivity index (χ2v) is 6.99. The van der Waals surface area contributed by atoms with Gasteiger partial charge < -0.3 is 13.7 Å². The molecule has 130 valence electrons. The second-order valence-electron chi connectivity index (χ2n) is 5.15. The van der Waals surface area contributed by atoms with Crippen molar-refractivity contribution in [1.82, 2.24) is 9.78 Å². The molecule has 0 amide bonds. The molecule has 0 atom stereocenters. The number of hydrogen-bond acceptors (Lipinski definition) is 6. The molecule has 7 nitrogen and oxygen atoms in total. The molecule has 2 aromatic rings. The van der Waals surface area contributed by atoms with Gasteiger partial charge in [-0.15, -0.1) is 0 Å². The summed E-state index contributed by atoms with van der Waals surface area (Å²) in [5.41, 5.74) is 0.996. The fourth-order valence-electron chi connectivity index (χ4n) is 2.13. The summed E-state index contributed by atoms with van der Waals surface area (Å²) in [7, 11) is -2.60. The smallest absolute Gasteiger partial charge is 0.344 e. The van der Waals surface area contributed by atoms with Crippen LogP contribution in [0.4, 0.5) is 0 Å². The van der Waals surface area contributed by atoms with Crippen LogP contribution >= 0.6 is 11.6 Å². The van der Waals surface area contributed by atoms with Crippen LogP contribution in [-0.4, -0.2) is 31.1 Å². The van der Waals surface area contributed by atoms with Gasteiger partial charge in [-0.25, -0.2) is 0 Å². The zero-order valence-electron chi connectivity index (χ0n) is 13.4. The third-order valence-corrected chi connectivity index (χ3v) is 5.03. The van der Waals surface area contributed by atoms with E-state index in [0.29, 0.717) is 5.75 Å². The van der Waals surface area contributed by atoms with Crippen LogP contribution in [0.25, 0.3) is 0 Å². The largest absolute Gasteiger partial charge is 0.493 e. The Morgan fingerprint density at radius 3 is 2.50 bits per heavy atom. The van der Waals surface area contributed by atoms with Crippen molar-refractivity contribution < 1.29 is 22.1 Å². The highest BCUT2D eigenvalue weighted by atomic mass is 35.5. The first-order valence-corrected chi connectivity index (χ1v) is 8.85. The minimum atomic E-state index is -4.14. The molecule has 0 fully saturated rings. The molecule has 24 heavy (non-hydrogen) atoms. The zero-order valence-corrected chi connectivity index (χ0v) is 15.0. The molecule has 1 heterocycles. The first kappa shape index (κ1) is 18.3. The van der Waals surface area contributed by atoms with Crippen LogP contribution < -0.4 is 8.92 Å². The molecule has 0 spiro atoms. The average Bonchev–Trinajstić information content (AvgIpc) is 2.71. The first-order valence-electron chi connectivity index (χ1n) is 7.06. The normalized spacial score (nSPS) is 11.3. The number of aldehydes is 1. The van der Waals surface area contributed by atoms with Gasteiger partial charge >= 0.3 is 10.1 Å². The molecule has 0 radical (unpaired) electrons. The number of halogens is 1. The van der Waals surface area contributed by atoms with E-state index < -0.39 is 10.1 Å². The summed E-state index contributed by atoms with van der Waals surface area (Å²) in [6.07, 6.45) is 0.984. The molecule has 2 rings (SSSR count). The van der Waals surface area contributed by atoms with Gasteiger partial charge in [-0.3, -0.25) is 4.68 Å². The van der Waals surface area contributed by atoms with Crippen molar-refractivity contribution in [2.45, 2.75) is 25.2 Å². The molecule has 9 heteroatoms. The van der Waals surface area contributed by atoms with E-state index in [1.54, 1.807) is 26.1 Å². The lowest BCUT2D eigenvalue weighted by Gasteiger charge is -2.10. The van der Waals surface area contributed by atoms with Crippen molar-refractivity contribution in [3.63, 3.8) is 0 Å². The Balaban J connectivity index is 2.31. The van der Waals surface area contributed by atoms with Gasteiger partial charge in [-0.2, -0.15) is 13.5 Å². The first-order chi connectivity index (χ1) is 11.2. The quantitative estimate of drug-likeness (QED) is 0.421. The molecule has 0 unspecified atom stereocenters. The van der Waals surface area contributed by atoms with Crippen molar-refractivity contribution in [3.05, 3.63) is 34.6 Å². The summed E-state index contributed by atoms with van der Waals surface area (Å²) in [6.45, 7) is 3.51. The minimum Gasteiger partial charge on any atom is -0.493 e. The number of carbonyl (C=O) groups excluding carboxylic acids is 1. The number of rotatable bonds is 7. The van der Waals surface area contributed by atoms with Gasteiger partial charge in [0.05, 0.1) is 12.3 Å². The van der Waals surface area contributed by atoms with Crippen molar-refractivity contribution >= 4 is 28.0 Å². The Labute approximate surface area is 145 Å². The highest BCUT2D eigenvalue weighted by Gasteiger charge is 2.27. The fourth-order valence-corrected chi connectivity index (χ4v) is 3.77. The van der Waals surface area contributed by atoms with Crippen LogP contribution in [-0.2, 0) is 22.0 Å². The third kappa shape index (κ3) is 4.07. The Morgan fingerprint density at radius 1 is 1.25 bits per heavy atom. The summed E-state index contributed by atoms with van der Waals surface area (Å²) in [6, 6.07) is 4.71. The standard InChI is InChI=1S/C15H17ClN2O5S/c1-10-7-12(22-6-4-5-19)9-13(8-10)23-24(20,21)14-11(2)17-18(3)15(14)16/h5,7-9H,4,6H2,1-3H3. The molecule has 0 aliphatic heterocycles. The van der Waals surface area contributed by atoms with E-state index in [1.807, 2.05) is 0 Å². The monoisotopic (exact) mass is 372 g/mol. The van der Waals surface area contributed by atoms with Gasteiger partial charge in [0.2, 0.25) is 0 Å². The molecule has 0 aliphatic carbocycles. The Hall–Kier alpha value is -2.06. The lowest BCUT2D eigenvalue weighted by atomic mass is 10.2. The molecule has 1 aromatic carbocycles. The number of carbonyl (C=O) groups is 1. The number of aromatic nitrogens is 2. The molecule has 0 aliphatic rings. The van der Waals surface area contributed by atoms with Crippen LogP contribution in [0.5, 0.6) is 11.5 Å². The maximum absolute atomic E-state index is 12.5. The summed E-state index contributed by atoms with van der Waals surface area (Å²) < 4.78 is 36.8. The highest BCUT2D eigenvalue weighted by Crippen LogP contribution is 2.29. The van der Waals surface area contributed by atoms with Crippen LogP contribution in [0.1, 0.15) is 17.7 Å². The zero-order chi connectivity index (χ0) is 17.9. The van der Waals surface area contributed by atoms with Crippen LogP contribution in [0.3, 0.4) is 0 Å². The van der Waals surface area contributed by atoms with Gasteiger partial charge in [0.1, 0.15) is 22.9 Å². The van der Waals surface area contributed by atoms with Gasteiger partial charge in [-0.1, -0.05) is 11.6 Å². The molecule has 0 bridgehead atoms. The molecular formula is C15H17ClN2O5S. The van der Waals surface area contributed by atoms with Gasteiger partial charge in [0, 0.05) is 19.5 Å². The van der Waals surface area contributed by atoms with Crippen molar-refractivity contribution in [2.24, 2.45) is 7.05 Å². The lowest BCUT2D eigenvalue weighted by molar-refractivity contribution is -0.108. The van der Waals surface area contributed by atoms with Gasteiger partial charge in [-0.05, 0) is 31.5 Å². The third-order valence-electron chi connectivity index (χ3n) is 3.08. The maximum atomic E-state index is 12.5. The number of hydrogen-bond donors (Lipinski definition) is 0. The number of nitrogens with zero attached hydrogens (tertiary/aromatic N) is 2. The summed E-state index contributed by atoms with van der Waals surface area (Å²) in [5, 5.41) is 3.95. The second kappa shape index (κ2) is 7.23. The van der Waals surface area contributed by atoms with E-state index in [2.05, 4.69) is 5.10 Å². The average molecular weight is 373 g/mol. The molecule has 0 N–H and O–H groups in total. The lowest BCUT2D eigenvalue weighted by Crippen LogP contribution is -2.11. The SMILES string of the molecule is Cc1cc(OCCC=O)cc(OS(=O)(=O)c2c(C)nn(C)c2Cl)c1. The fraction of sp³-hybridized carbons (Fsp3) is 0.333. The Kier molecular flexibility index (Phi) is 5.51. The summed E-state index contributed by atoms with van der Waals surface area (Å²) in [5.74, 6) is 0.506. The van der Waals surface area contributed by atoms with Crippen LogP contribution in [0.2, 0.25) is 5.15 Å². The maximum Gasteiger partial charge on any atom is 0.344 e. The Bertz CT molecular complexity index is 861. The van der Waals surface area contributed by atoms with Gasteiger partial charge in [0.15, 0.2) is 4.90 Å². The van der Waals surface area contributed by atoms with E-state index in [1.165, 1.54) is 17.7 Å². The topological polar surface area (TPSA) is 87.5 Å². The van der Waals surface area contributed by atoms with Crippen molar-refractivity contribution in [1.29, 1.82) is 0 Å². The van der Waals surface area contributed by atoms with E-state index in [9.17, 15) is 13.2 Å². The minimum absolute atomic E-state index is 0.0254. The predicted octanol–water partition coefficient (Wildman–Crippen LogP) is 2.43. The Morgan fingerprint density at radius 2 is 1.92 bits per heavy atom. The van der Waals surface area contributed by atoms with Crippen molar-refractivity contribution in [2.75, 3.05) is 6.61 Å². The summed E-state index contributed by atoms with van der Waals surface area (Å²) in [4.78, 5) is 10.2. The molecule has 0 saturated heterocycles. The van der Waals surface area contributed by atoms with Gasteiger partial charge in [0.25, 0.3) is 0 Å². The summed E-state index contributed by atoms with van der Waals surface area (Å²) >= 11 is 6.00. The van der Waals surface area contributed by atoms with E-state index in [4.69, 9.17) is 20.5 Å². The number of ether oxygens (including phenoxy) is 1. The number of aryl methyl sites for hydroxylation is 3. The molecule has 0 saturated carbocycles. The van der Waals surface area contributed by atoms with E-state index in [-0.39, 0.29) is 34.5 Å². The molecular weight excluding hydrogens is 356 g/mol. The van der Waals surface area contributed by atoms with Crippen LogP contribution in [0, 0.1) is 13.8 Å². The highest BCUT2D eigenvalue weighted by molar-refractivity contribution is 7.87. The predicted molar refractivity (Wildman–Crippen MR) is 88.1 cm³/mol. The van der Waals surface area contributed by atoms with Crippen molar-refractivity contribution in [3.8, 4) is 11.5 Å². The van der Waals surface area contributed by atoms with E-state index in [0.717, 1.165) is 11.8 Å². The van der Waals surface area contributed by atoms with E-state index >= 15 is 0 Å². The molecule has 1 aromatic heterocycles. The number of benzene rings is 1.